The fraction of sp³-hybridized carbons (Fsp3) is 0.278. The van der Waals surface area contributed by atoms with Gasteiger partial charge in [0, 0.05) is 0 Å². The molecule has 0 bridgehead atoms. The normalized spacial score (nSPS) is 9.10. The van der Waals surface area contributed by atoms with E-state index < -0.39 is 0 Å². The van der Waals surface area contributed by atoms with Crippen LogP contribution in [0.3, 0.4) is 0 Å². The van der Waals surface area contributed by atoms with Crippen LogP contribution in [0, 0.1) is 11.3 Å². The maximum absolute atomic E-state index is 8.75. The smallest absolute Gasteiger partial charge is 0.119 e. The minimum absolute atomic E-state index is 0.682. The van der Waals surface area contributed by atoms with E-state index in [-0.39, 0.29) is 0 Å². The van der Waals surface area contributed by atoms with E-state index in [0.29, 0.717) is 5.56 Å². The molecule has 0 fully saturated rings. The van der Waals surface area contributed by atoms with Crippen molar-refractivity contribution in [2.75, 3.05) is 6.61 Å². The van der Waals surface area contributed by atoms with E-state index in [1.165, 1.54) is 0 Å². The molecule has 2 aromatic carbocycles. The van der Waals surface area contributed by atoms with E-state index in [2.05, 4.69) is 13.0 Å². The summed E-state index contributed by atoms with van der Waals surface area (Å²) in [5, 5.41) is 8.75. The summed E-state index contributed by atoms with van der Waals surface area (Å²) in [6.45, 7) is 6.83. The molecule has 0 aliphatic heterocycles. The summed E-state index contributed by atoms with van der Waals surface area (Å²) >= 11 is 0. The van der Waals surface area contributed by atoms with Gasteiger partial charge in [-0.3, -0.25) is 0 Å². The number of nitrogens with zero attached hydrogens (tertiary/aromatic N) is 1. The minimum atomic E-state index is 0.682. The Labute approximate surface area is 121 Å². The van der Waals surface area contributed by atoms with E-state index in [4.69, 9.17) is 10.00 Å². The van der Waals surface area contributed by atoms with Gasteiger partial charge < -0.3 is 4.74 Å². The van der Waals surface area contributed by atoms with Crippen molar-refractivity contribution in [2.45, 2.75) is 27.2 Å². The average Bonchev–Trinajstić information content (AvgIpc) is 2.55. The van der Waals surface area contributed by atoms with E-state index >= 15 is 0 Å². The van der Waals surface area contributed by atoms with Crippen LogP contribution in [0.15, 0.2) is 48.5 Å². The quantitative estimate of drug-likeness (QED) is 0.777. The van der Waals surface area contributed by atoms with Gasteiger partial charge in [0.15, 0.2) is 0 Å². The van der Waals surface area contributed by atoms with Crippen molar-refractivity contribution in [3.05, 3.63) is 54.1 Å². The van der Waals surface area contributed by atoms with Crippen LogP contribution >= 0.6 is 0 Å². The van der Waals surface area contributed by atoms with Gasteiger partial charge in [-0.15, -0.1) is 0 Å². The van der Waals surface area contributed by atoms with Gasteiger partial charge in [-0.05, 0) is 41.8 Å². The highest BCUT2D eigenvalue weighted by molar-refractivity contribution is 5.64. The molecule has 0 aliphatic carbocycles. The average molecular weight is 267 g/mol. The van der Waals surface area contributed by atoms with Gasteiger partial charge in [0.05, 0.1) is 18.2 Å². The third-order valence-electron chi connectivity index (χ3n) is 2.67. The second-order valence-electron chi connectivity index (χ2n) is 4.06. The Hall–Kier alpha value is -2.27. The molecular formula is C18H21NO. The summed E-state index contributed by atoms with van der Waals surface area (Å²) in [6, 6.07) is 17.7. The molecule has 0 radical (unpaired) electrons. The molecule has 0 saturated heterocycles. The third kappa shape index (κ3) is 4.44. The summed E-state index contributed by atoms with van der Waals surface area (Å²) < 4.78 is 5.54. The lowest BCUT2D eigenvalue weighted by Crippen LogP contribution is -1.94. The van der Waals surface area contributed by atoms with Crippen molar-refractivity contribution in [2.24, 2.45) is 0 Å². The molecule has 2 heteroatoms. The molecule has 0 atom stereocenters. The molecule has 2 rings (SSSR count). The van der Waals surface area contributed by atoms with E-state index in [1.54, 1.807) is 0 Å². The topological polar surface area (TPSA) is 33.0 Å². The fourth-order valence-corrected chi connectivity index (χ4v) is 1.70. The molecule has 20 heavy (non-hydrogen) atoms. The Kier molecular flexibility index (Phi) is 6.92. The Morgan fingerprint density at radius 2 is 1.40 bits per heavy atom. The Bertz CT molecular complexity index is 535. The van der Waals surface area contributed by atoms with Crippen LogP contribution in [0.2, 0.25) is 0 Å². The summed E-state index contributed by atoms with van der Waals surface area (Å²) in [4.78, 5) is 0. The van der Waals surface area contributed by atoms with Gasteiger partial charge in [-0.2, -0.15) is 5.26 Å². The van der Waals surface area contributed by atoms with Crippen LogP contribution in [-0.4, -0.2) is 6.61 Å². The molecular weight excluding hydrogens is 246 g/mol. The van der Waals surface area contributed by atoms with Crippen molar-refractivity contribution in [3.8, 4) is 22.9 Å². The molecule has 0 N–H and O–H groups in total. The molecule has 0 amide bonds. The van der Waals surface area contributed by atoms with Crippen molar-refractivity contribution in [1.29, 1.82) is 5.26 Å². The predicted molar refractivity (Wildman–Crippen MR) is 83.7 cm³/mol. The number of ether oxygens (including phenoxy) is 1. The van der Waals surface area contributed by atoms with Crippen molar-refractivity contribution < 1.29 is 4.74 Å². The van der Waals surface area contributed by atoms with Crippen molar-refractivity contribution in [3.63, 3.8) is 0 Å². The summed E-state index contributed by atoms with van der Waals surface area (Å²) in [7, 11) is 0. The Morgan fingerprint density at radius 3 is 1.85 bits per heavy atom. The molecule has 2 aromatic rings. The lowest BCUT2D eigenvalue weighted by Gasteiger charge is -2.06. The highest BCUT2D eigenvalue weighted by Crippen LogP contribution is 2.22. The van der Waals surface area contributed by atoms with E-state index in [0.717, 1.165) is 29.9 Å². The zero-order chi connectivity index (χ0) is 14.8. The predicted octanol–water partition coefficient (Wildman–Crippen LogP) is 5.04. The molecule has 0 saturated carbocycles. The maximum Gasteiger partial charge on any atom is 0.119 e. The molecule has 0 spiro atoms. The van der Waals surface area contributed by atoms with Crippen LogP contribution in [-0.2, 0) is 0 Å². The van der Waals surface area contributed by atoms with Crippen molar-refractivity contribution in [1.82, 2.24) is 0 Å². The second kappa shape index (κ2) is 8.77. The maximum atomic E-state index is 8.75. The highest BCUT2D eigenvalue weighted by atomic mass is 16.5. The number of hydrogen-bond acceptors (Lipinski definition) is 2. The van der Waals surface area contributed by atoms with Crippen LogP contribution in [0.4, 0.5) is 0 Å². The van der Waals surface area contributed by atoms with Crippen LogP contribution in [0.1, 0.15) is 32.8 Å². The first-order valence-corrected chi connectivity index (χ1v) is 7.07. The zero-order valence-corrected chi connectivity index (χ0v) is 12.4. The molecule has 104 valence electrons. The van der Waals surface area contributed by atoms with Gasteiger partial charge in [0.1, 0.15) is 5.75 Å². The molecule has 0 unspecified atom stereocenters. The number of benzene rings is 2. The zero-order valence-electron chi connectivity index (χ0n) is 12.4. The summed E-state index contributed by atoms with van der Waals surface area (Å²) in [5.74, 6) is 0.897. The van der Waals surface area contributed by atoms with E-state index in [9.17, 15) is 0 Å². The molecule has 0 heterocycles. The number of rotatable bonds is 4. The van der Waals surface area contributed by atoms with Crippen LogP contribution in [0.25, 0.3) is 11.1 Å². The highest BCUT2D eigenvalue weighted by Gasteiger charge is 1.99. The summed E-state index contributed by atoms with van der Waals surface area (Å²) in [6.07, 6.45) is 1.01. The largest absolute Gasteiger partial charge is 0.494 e. The number of nitriles is 1. The van der Waals surface area contributed by atoms with Crippen molar-refractivity contribution >= 4 is 0 Å². The first kappa shape index (κ1) is 15.8. The Balaban J connectivity index is 0.000000956. The van der Waals surface area contributed by atoms with Gasteiger partial charge in [0.25, 0.3) is 0 Å². The lowest BCUT2D eigenvalue weighted by molar-refractivity contribution is 0.317. The molecule has 0 aliphatic rings. The Morgan fingerprint density at radius 1 is 0.900 bits per heavy atom. The van der Waals surface area contributed by atoms with E-state index in [1.807, 2.05) is 62.4 Å². The SMILES string of the molecule is CC.CCCOc1ccc(-c2ccc(C#N)cc2)cc1. The van der Waals surface area contributed by atoms with Gasteiger partial charge >= 0.3 is 0 Å². The van der Waals surface area contributed by atoms with Crippen LogP contribution < -0.4 is 4.74 Å². The first-order chi connectivity index (χ1) is 9.83. The lowest BCUT2D eigenvalue weighted by atomic mass is 10.0. The first-order valence-electron chi connectivity index (χ1n) is 7.07. The van der Waals surface area contributed by atoms with Gasteiger partial charge in [-0.1, -0.05) is 45.0 Å². The summed E-state index contributed by atoms with van der Waals surface area (Å²) in [5.41, 5.74) is 2.92. The second-order valence-corrected chi connectivity index (χ2v) is 4.06. The standard InChI is InChI=1S/C16H15NO.C2H6/c1-2-11-18-16-9-7-15(8-10-16)14-5-3-13(12-17)4-6-14;1-2/h3-10H,2,11H2,1H3;1-2H3. The monoisotopic (exact) mass is 267 g/mol. The third-order valence-corrected chi connectivity index (χ3v) is 2.67. The van der Waals surface area contributed by atoms with Gasteiger partial charge in [-0.25, -0.2) is 0 Å². The van der Waals surface area contributed by atoms with Gasteiger partial charge in [0.2, 0.25) is 0 Å². The fourth-order valence-electron chi connectivity index (χ4n) is 1.70. The van der Waals surface area contributed by atoms with Crippen LogP contribution in [0.5, 0.6) is 5.75 Å². The molecule has 2 nitrogen and oxygen atoms in total. The number of hydrogen-bond donors (Lipinski definition) is 0. The molecule has 0 aromatic heterocycles. The minimum Gasteiger partial charge on any atom is -0.494 e.